The highest BCUT2D eigenvalue weighted by molar-refractivity contribution is 5.70. The van der Waals surface area contributed by atoms with Gasteiger partial charge >= 0.3 is 11.9 Å². The van der Waals surface area contributed by atoms with Crippen LogP contribution in [0.2, 0.25) is 0 Å². The Morgan fingerprint density at radius 3 is 1.21 bits per heavy atom. The number of unbranched alkanes of at least 4 members (excludes halogenated alkanes) is 13. The molecule has 0 aliphatic rings. The highest BCUT2D eigenvalue weighted by Gasteiger charge is 2.16. The van der Waals surface area contributed by atoms with Gasteiger partial charge in [-0.2, -0.15) is 0 Å². The zero-order chi connectivity index (χ0) is 40.7. The number of aliphatic hydroxyl groups excluding tert-OH is 1. The highest BCUT2D eigenvalue weighted by atomic mass is 16.6. The van der Waals surface area contributed by atoms with Crippen molar-refractivity contribution in [1.82, 2.24) is 0 Å². The van der Waals surface area contributed by atoms with E-state index in [1.54, 1.807) is 0 Å². The monoisotopic (exact) mass is 775 g/mol. The zero-order valence-electron chi connectivity index (χ0n) is 35.8. The lowest BCUT2D eigenvalue weighted by atomic mass is 10.1. The van der Waals surface area contributed by atoms with Crippen molar-refractivity contribution in [3.05, 3.63) is 109 Å². The van der Waals surface area contributed by atoms with E-state index in [1.807, 2.05) is 0 Å². The smallest absolute Gasteiger partial charge is 0.306 e. The van der Waals surface area contributed by atoms with E-state index < -0.39 is 6.10 Å². The zero-order valence-corrected chi connectivity index (χ0v) is 35.8. The van der Waals surface area contributed by atoms with Gasteiger partial charge in [-0.1, -0.05) is 181 Å². The molecule has 0 aliphatic heterocycles. The van der Waals surface area contributed by atoms with E-state index in [-0.39, 0.29) is 31.6 Å². The summed E-state index contributed by atoms with van der Waals surface area (Å²) in [6, 6.07) is 0. The van der Waals surface area contributed by atoms with E-state index >= 15 is 0 Å². The number of hydrogen-bond donors (Lipinski definition) is 1. The van der Waals surface area contributed by atoms with Gasteiger partial charge in [0.2, 0.25) is 0 Å². The Bertz CT molecular complexity index is 1150. The minimum atomic E-state index is -0.812. The number of aliphatic hydroxyl groups is 1. The molecule has 316 valence electrons. The second kappa shape index (κ2) is 45.9. The Labute approximate surface area is 344 Å². The van der Waals surface area contributed by atoms with Crippen LogP contribution in [0, 0.1) is 0 Å². The highest BCUT2D eigenvalue weighted by Crippen LogP contribution is 2.12. The van der Waals surface area contributed by atoms with Gasteiger partial charge in [0.25, 0.3) is 0 Å². The summed E-state index contributed by atoms with van der Waals surface area (Å²) in [6.07, 6.45) is 65.9. The maximum absolute atomic E-state index is 12.2. The van der Waals surface area contributed by atoms with Crippen molar-refractivity contribution in [3.8, 4) is 0 Å². The molecule has 0 fully saturated rings. The summed E-state index contributed by atoms with van der Waals surface area (Å²) in [7, 11) is 0. The van der Waals surface area contributed by atoms with E-state index in [0.29, 0.717) is 12.8 Å². The first-order valence-electron chi connectivity index (χ1n) is 22.4. The summed E-state index contributed by atoms with van der Waals surface area (Å²) in [5.41, 5.74) is 0. The molecule has 0 aromatic carbocycles. The molecule has 0 spiro atoms. The number of ether oxygens (including phenoxy) is 2. The molecule has 1 N–H and O–H groups in total. The molecule has 0 aromatic heterocycles. The Balaban J connectivity index is 3.70. The Kier molecular flexibility index (Phi) is 43.1. The van der Waals surface area contributed by atoms with Crippen LogP contribution in [0.4, 0.5) is 0 Å². The van der Waals surface area contributed by atoms with Gasteiger partial charge in [-0.15, -0.1) is 0 Å². The van der Waals surface area contributed by atoms with Crippen molar-refractivity contribution in [3.63, 3.8) is 0 Å². The fourth-order valence-corrected chi connectivity index (χ4v) is 5.69. The molecule has 0 radical (unpaired) electrons. The Hall–Kier alpha value is -3.44. The number of carbonyl (C=O) groups is 2. The lowest BCUT2D eigenvalue weighted by Gasteiger charge is -2.15. The molecule has 5 heteroatoms. The molecule has 56 heavy (non-hydrogen) atoms. The van der Waals surface area contributed by atoms with Crippen molar-refractivity contribution < 1.29 is 24.2 Å². The maximum atomic E-state index is 12.2. The van der Waals surface area contributed by atoms with Crippen molar-refractivity contribution in [2.24, 2.45) is 0 Å². The number of esters is 2. The first-order chi connectivity index (χ1) is 27.6. The fourth-order valence-electron chi connectivity index (χ4n) is 5.69. The molecule has 0 heterocycles. The molecular weight excluding hydrogens is 693 g/mol. The molecule has 0 saturated carbocycles. The summed E-state index contributed by atoms with van der Waals surface area (Å²) >= 11 is 0. The third kappa shape index (κ3) is 43.3. The average molecular weight is 775 g/mol. The summed E-state index contributed by atoms with van der Waals surface area (Å²) in [4.78, 5) is 24.3. The van der Waals surface area contributed by atoms with Crippen molar-refractivity contribution in [2.45, 2.75) is 187 Å². The van der Waals surface area contributed by atoms with E-state index in [4.69, 9.17) is 9.47 Å². The van der Waals surface area contributed by atoms with Crippen LogP contribution in [0.1, 0.15) is 181 Å². The van der Waals surface area contributed by atoms with E-state index in [2.05, 4.69) is 123 Å². The van der Waals surface area contributed by atoms with Gasteiger partial charge in [-0.25, -0.2) is 0 Å². The van der Waals surface area contributed by atoms with Gasteiger partial charge < -0.3 is 14.6 Å². The molecular formula is C51H82O5. The Morgan fingerprint density at radius 2 is 0.786 bits per heavy atom. The van der Waals surface area contributed by atoms with Crippen molar-refractivity contribution >= 4 is 11.9 Å². The third-order valence-corrected chi connectivity index (χ3v) is 9.05. The molecule has 1 unspecified atom stereocenters. The van der Waals surface area contributed by atoms with Crippen LogP contribution >= 0.6 is 0 Å². The van der Waals surface area contributed by atoms with E-state index in [0.717, 1.165) is 77.0 Å². The van der Waals surface area contributed by atoms with Gasteiger partial charge in [-0.3, -0.25) is 9.59 Å². The largest absolute Gasteiger partial charge is 0.462 e. The number of hydrogen-bond acceptors (Lipinski definition) is 5. The SMILES string of the molecule is CC/C=C\C/C=C\C/C=C\C/C=C\C/C=C\C/C=C\C/C=C\CCCC(=O)OC(CO)COC(=O)CCCCCCCCCCC/C=C\C/C=C\CCCCC. The number of rotatable bonds is 39. The second-order valence-corrected chi connectivity index (χ2v) is 14.4. The Morgan fingerprint density at radius 1 is 0.429 bits per heavy atom. The molecule has 0 aliphatic carbocycles. The predicted octanol–water partition coefficient (Wildman–Crippen LogP) is 14.6. The van der Waals surface area contributed by atoms with Crippen LogP contribution in [-0.2, 0) is 19.1 Å². The van der Waals surface area contributed by atoms with Crippen LogP contribution < -0.4 is 0 Å². The normalized spacial score (nSPS) is 13.3. The van der Waals surface area contributed by atoms with Crippen LogP contribution in [-0.4, -0.2) is 36.4 Å². The van der Waals surface area contributed by atoms with Gasteiger partial charge in [0.15, 0.2) is 6.10 Å². The van der Waals surface area contributed by atoms with E-state index in [1.165, 1.54) is 70.6 Å². The third-order valence-electron chi connectivity index (χ3n) is 9.05. The first-order valence-corrected chi connectivity index (χ1v) is 22.4. The van der Waals surface area contributed by atoms with Gasteiger partial charge in [0.1, 0.15) is 6.61 Å². The minimum Gasteiger partial charge on any atom is -0.462 e. The standard InChI is InChI=1S/C51H82O5/c1-3-5-7-9-11-13-15-17-19-21-23-24-25-26-28-30-32-34-36-38-40-42-44-46-51(54)56-49(47-52)48-55-50(53)45-43-41-39-37-35-33-31-29-27-22-20-18-16-14-12-10-8-6-4-2/h5,7,11-14,17-20,23-24,26,28,32,34,38,40,49,52H,3-4,6,8-10,15-16,21-22,25,27,29-31,33,35-37,39,41-48H2,1-2H3/b7-5-,13-11-,14-12-,19-17-,20-18-,24-23-,28-26-,34-32-,40-38-. The van der Waals surface area contributed by atoms with Gasteiger partial charge in [0, 0.05) is 12.8 Å². The lowest BCUT2D eigenvalue weighted by Crippen LogP contribution is -2.28. The lowest BCUT2D eigenvalue weighted by molar-refractivity contribution is -0.161. The van der Waals surface area contributed by atoms with Crippen LogP contribution in [0.3, 0.4) is 0 Å². The van der Waals surface area contributed by atoms with Crippen LogP contribution in [0.5, 0.6) is 0 Å². The summed E-state index contributed by atoms with van der Waals surface area (Å²) < 4.78 is 10.6. The molecule has 1 atom stereocenters. The minimum absolute atomic E-state index is 0.0983. The average Bonchev–Trinajstić information content (AvgIpc) is 3.20. The molecule has 0 bridgehead atoms. The molecule has 0 rings (SSSR count). The number of allylic oxidation sites excluding steroid dienone is 18. The fraction of sp³-hybridized carbons (Fsp3) is 0.608. The number of carbonyl (C=O) groups excluding carboxylic acids is 2. The summed E-state index contributed by atoms with van der Waals surface area (Å²) in [5, 5.41) is 9.59. The molecule has 0 aromatic rings. The van der Waals surface area contributed by atoms with Gasteiger partial charge in [-0.05, 0) is 96.3 Å². The van der Waals surface area contributed by atoms with E-state index in [9.17, 15) is 14.7 Å². The van der Waals surface area contributed by atoms with Crippen molar-refractivity contribution in [2.75, 3.05) is 13.2 Å². The quantitative estimate of drug-likeness (QED) is 0.0382. The van der Waals surface area contributed by atoms with Crippen LogP contribution in [0.15, 0.2) is 109 Å². The van der Waals surface area contributed by atoms with Crippen LogP contribution in [0.25, 0.3) is 0 Å². The second-order valence-electron chi connectivity index (χ2n) is 14.4. The van der Waals surface area contributed by atoms with Gasteiger partial charge in [0.05, 0.1) is 6.61 Å². The topological polar surface area (TPSA) is 72.8 Å². The van der Waals surface area contributed by atoms with Crippen molar-refractivity contribution in [1.29, 1.82) is 0 Å². The summed E-state index contributed by atoms with van der Waals surface area (Å²) in [6.45, 7) is 3.94. The first kappa shape index (κ1) is 52.6. The molecule has 5 nitrogen and oxygen atoms in total. The predicted molar refractivity (Wildman–Crippen MR) is 242 cm³/mol. The maximum Gasteiger partial charge on any atom is 0.306 e. The summed E-state index contributed by atoms with van der Waals surface area (Å²) in [5.74, 6) is -0.674. The molecule has 0 amide bonds. The molecule has 0 saturated heterocycles.